The van der Waals surface area contributed by atoms with Crippen LogP contribution in [0.5, 0.6) is 0 Å². The van der Waals surface area contributed by atoms with E-state index in [-0.39, 0.29) is 0 Å². The highest BCUT2D eigenvalue weighted by molar-refractivity contribution is 7.71. The van der Waals surface area contributed by atoms with E-state index in [4.69, 9.17) is 12.2 Å². The van der Waals surface area contributed by atoms with Crippen molar-refractivity contribution in [3.63, 3.8) is 0 Å². The van der Waals surface area contributed by atoms with Gasteiger partial charge < -0.3 is 9.55 Å². The summed E-state index contributed by atoms with van der Waals surface area (Å²) in [5.41, 5.74) is 3.50. The molecular formula is C16H18N2S. The molecule has 0 unspecified atom stereocenters. The molecule has 1 N–H and O–H groups in total. The average Bonchev–Trinajstić information content (AvgIpc) is 2.79. The molecule has 3 rings (SSSR count). The normalized spacial score (nSPS) is 10.0. The van der Waals surface area contributed by atoms with Gasteiger partial charge in [0.05, 0.1) is 17.6 Å². The van der Waals surface area contributed by atoms with Crippen LogP contribution >= 0.6 is 12.2 Å². The molecule has 0 radical (unpaired) electrons. The number of rotatable bonds is 2. The minimum absolute atomic E-state index is 0.773. The first-order valence-corrected chi connectivity index (χ1v) is 6.97. The maximum Gasteiger partial charge on any atom is 0.178 e. The van der Waals surface area contributed by atoms with Gasteiger partial charge in [0.25, 0.3) is 0 Å². The Hall–Kier alpha value is -1.87. The second-order valence-electron chi connectivity index (χ2n) is 4.02. The maximum absolute atomic E-state index is 5.36. The molecule has 0 spiro atoms. The van der Waals surface area contributed by atoms with Crippen molar-refractivity contribution in [3.8, 4) is 0 Å². The van der Waals surface area contributed by atoms with Crippen molar-refractivity contribution in [2.45, 2.75) is 20.4 Å². The summed E-state index contributed by atoms with van der Waals surface area (Å²) in [6.45, 7) is 4.81. The van der Waals surface area contributed by atoms with Gasteiger partial charge in [0.1, 0.15) is 0 Å². The maximum atomic E-state index is 5.36. The Bertz CT molecular complexity index is 695. The molecule has 0 aliphatic heterocycles. The van der Waals surface area contributed by atoms with Gasteiger partial charge in [-0.15, -0.1) is 0 Å². The fraction of sp³-hybridized carbons (Fsp3) is 0.188. The zero-order chi connectivity index (χ0) is 13.7. The quantitative estimate of drug-likeness (QED) is 0.665. The number of nitrogens with zero attached hydrogens (tertiary/aromatic N) is 1. The number of benzene rings is 2. The highest BCUT2D eigenvalue weighted by atomic mass is 32.1. The number of fused-ring (bicyclic) bond motifs is 1. The van der Waals surface area contributed by atoms with E-state index in [0.29, 0.717) is 0 Å². The Balaban J connectivity index is 0.000000637. The molecule has 3 heteroatoms. The molecule has 0 fully saturated rings. The number of hydrogen-bond donors (Lipinski definition) is 1. The van der Waals surface area contributed by atoms with E-state index in [1.54, 1.807) is 0 Å². The molecule has 1 heterocycles. The zero-order valence-corrected chi connectivity index (χ0v) is 12.1. The third-order valence-corrected chi connectivity index (χ3v) is 3.19. The topological polar surface area (TPSA) is 20.7 Å². The van der Waals surface area contributed by atoms with Gasteiger partial charge in [-0.2, -0.15) is 0 Å². The van der Waals surface area contributed by atoms with E-state index in [9.17, 15) is 0 Å². The summed E-state index contributed by atoms with van der Waals surface area (Å²) < 4.78 is 2.90. The van der Waals surface area contributed by atoms with Crippen LogP contribution in [0.15, 0.2) is 54.6 Å². The van der Waals surface area contributed by atoms with Crippen LogP contribution in [-0.4, -0.2) is 9.55 Å². The standard InChI is InChI=1S/C14H12N2S.C2H6/c17-14-15-12-8-4-5-9-13(12)16(14)10-11-6-2-1-3-7-11;1-2/h1-9H,10H2,(H,15,17);1-2H3. The second-order valence-corrected chi connectivity index (χ2v) is 4.41. The van der Waals surface area contributed by atoms with E-state index in [0.717, 1.165) is 22.3 Å². The summed E-state index contributed by atoms with van der Waals surface area (Å²) in [5.74, 6) is 0. The van der Waals surface area contributed by atoms with Gasteiger partial charge in [0.15, 0.2) is 4.77 Å². The molecule has 2 nitrogen and oxygen atoms in total. The lowest BCUT2D eigenvalue weighted by Crippen LogP contribution is -1.98. The van der Waals surface area contributed by atoms with Crippen LogP contribution in [0.1, 0.15) is 19.4 Å². The lowest BCUT2D eigenvalue weighted by Gasteiger charge is -2.04. The monoisotopic (exact) mass is 270 g/mol. The Labute approximate surface area is 118 Å². The summed E-state index contributed by atoms with van der Waals surface area (Å²) in [6.07, 6.45) is 0. The van der Waals surface area contributed by atoms with Crippen LogP contribution in [0.25, 0.3) is 11.0 Å². The Morgan fingerprint density at radius 2 is 1.58 bits per heavy atom. The van der Waals surface area contributed by atoms with Crippen LogP contribution in [-0.2, 0) is 6.54 Å². The van der Waals surface area contributed by atoms with E-state index in [2.05, 4.69) is 27.8 Å². The van der Waals surface area contributed by atoms with Crippen molar-refractivity contribution in [1.29, 1.82) is 0 Å². The van der Waals surface area contributed by atoms with Crippen LogP contribution in [0.3, 0.4) is 0 Å². The van der Waals surface area contributed by atoms with Crippen LogP contribution in [0.2, 0.25) is 0 Å². The van der Waals surface area contributed by atoms with Gasteiger partial charge in [-0.25, -0.2) is 0 Å². The van der Waals surface area contributed by atoms with Crippen LogP contribution in [0, 0.1) is 4.77 Å². The largest absolute Gasteiger partial charge is 0.331 e. The van der Waals surface area contributed by atoms with Crippen molar-refractivity contribution < 1.29 is 0 Å². The number of hydrogen-bond acceptors (Lipinski definition) is 1. The second kappa shape index (κ2) is 6.34. The molecule has 0 aliphatic carbocycles. The molecule has 0 amide bonds. The lowest BCUT2D eigenvalue weighted by atomic mass is 10.2. The van der Waals surface area contributed by atoms with E-state index < -0.39 is 0 Å². The molecule has 19 heavy (non-hydrogen) atoms. The van der Waals surface area contributed by atoms with E-state index in [1.165, 1.54) is 5.56 Å². The lowest BCUT2D eigenvalue weighted by molar-refractivity contribution is 0.810. The number of aromatic nitrogens is 2. The summed E-state index contributed by atoms with van der Waals surface area (Å²) in [6, 6.07) is 18.5. The average molecular weight is 270 g/mol. The van der Waals surface area contributed by atoms with Crippen molar-refractivity contribution in [3.05, 3.63) is 64.9 Å². The molecule has 0 bridgehead atoms. The smallest absolute Gasteiger partial charge is 0.178 e. The summed E-state index contributed by atoms with van der Waals surface area (Å²) in [4.78, 5) is 3.23. The number of H-pyrrole nitrogens is 1. The number of imidazole rings is 1. The molecule has 0 saturated carbocycles. The predicted octanol–water partition coefficient (Wildman–Crippen LogP) is 4.77. The first-order valence-electron chi connectivity index (χ1n) is 6.56. The SMILES string of the molecule is CC.S=c1[nH]c2ccccc2n1Cc1ccccc1. The van der Waals surface area contributed by atoms with Crippen LogP contribution < -0.4 is 0 Å². The highest BCUT2D eigenvalue weighted by Gasteiger charge is 2.03. The minimum atomic E-state index is 0.773. The molecule has 2 aromatic carbocycles. The Kier molecular flexibility index (Phi) is 4.53. The Morgan fingerprint density at radius 1 is 0.947 bits per heavy atom. The molecule has 0 atom stereocenters. The third-order valence-electron chi connectivity index (χ3n) is 2.87. The van der Waals surface area contributed by atoms with Gasteiger partial charge in [-0.05, 0) is 29.9 Å². The van der Waals surface area contributed by atoms with Crippen molar-refractivity contribution in [1.82, 2.24) is 9.55 Å². The number of aromatic amines is 1. The summed E-state index contributed by atoms with van der Waals surface area (Å²) in [7, 11) is 0. The van der Waals surface area contributed by atoms with E-state index in [1.807, 2.05) is 50.2 Å². The summed E-state index contributed by atoms with van der Waals surface area (Å²) >= 11 is 5.36. The van der Waals surface area contributed by atoms with Crippen LogP contribution in [0.4, 0.5) is 0 Å². The van der Waals surface area contributed by atoms with Gasteiger partial charge >= 0.3 is 0 Å². The van der Waals surface area contributed by atoms with Crippen molar-refractivity contribution in [2.24, 2.45) is 0 Å². The number of para-hydroxylation sites is 2. The molecule has 0 saturated heterocycles. The molecule has 1 aromatic heterocycles. The zero-order valence-electron chi connectivity index (χ0n) is 11.3. The summed E-state index contributed by atoms with van der Waals surface area (Å²) in [5, 5.41) is 0. The Morgan fingerprint density at radius 3 is 2.32 bits per heavy atom. The molecule has 3 aromatic rings. The molecule has 98 valence electrons. The first-order chi connectivity index (χ1) is 9.34. The number of nitrogens with one attached hydrogen (secondary N) is 1. The minimum Gasteiger partial charge on any atom is -0.331 e. The fourth-order valence-electron chi connectivity index (χ4n) is 2.03. The van der Waals surface area contributed by atoms with Crippen molar-refractivity contribution in [2.75, 3.05) is 0 Å². The fourth-order valence-corrected chi connectivity index (χ4v) is 2.30. The molecule has 0 aliphatic rings. The third kappa shape index (κ3) is 2.93. The van der Waals surface area contributed by atoms with Gasteiger partial charge in [-0.3, -0.25) is 0 Å². The first kappa shape index (κ1) is 13.6. The van der Waals surface area contributed by atoms with Gasteiger partial charge in [0.2, 0.25) is 0 Å². The van der Waals surface area contributed by atoms with Gasteiger partial charge in [0, 0.05) is 0 Å². The molecular weight excluding hydrogens is 252 g/mol. The van der Waals surface area contributed by atoms with Gasteiger partial charge in [-0.1, -0.05) is 56.3 Å². The highest BCUT2D eigenvalue weighted by Crippen LogP contribution is 2.15. The van der Waals surface area contributed by atoms with Crippen molar-refractivity contribution >= 4 is 23.3 Å². The predicted molar refractivity (Wildman–Crippen MR) is 84.0 cm³/mol. The van der Waals surface area contributed by atoms with E-state index >= 15 is 0 Å².